The molecule has 1 atom stereocenters. The van der Waals surface area contributed by atoms with Gasteiger partial charge < -0.3 is 14.2 Å². The van der Waals surface area contributed by atoms with Crippen molar-refractivity contribution in [2.45, 2.75) is 271 Å². The minimum atomic E-state index is -0.539. The lowest BCUT2D eigenvalue weighted by Crippen LogP contribution is -2.30. The van der Waals surface area contributed by atoms with E-state index in [-0.39, 0.29) is 25.2 Å². The van der Waals surface area contributed by atoms with Gasteiger partial charge in [-0.3, -0.25) is 9.59 Å². The van der Waals surface area contributed by atoms with Gasteiger partial charge in [-0.25, -0.2) is 0 Å². The van der Waals surface area contributed by atoms with Crippen LogP contribution in [0.4, 0.5) is 0 Å². The van der Waals surface area contributed by atoms with Gasteiger partial charge in [-0.15, -0.1) is 0 Å². The van der Waals surface area contributed by atoms with Crippen molar-refractivity contribution in [3.05, 3.63) is 48.6 Å². The molecule has 0 amide bonds. The summed E-state index contributed by atoms with van der Waals surface area (Å²) < 4.78 is 17.4. The van der Waals surface area contributed by atoms with Gasteiger partial charge in [0.1, 0.15) is 6.61 Å². The Morgan fingerprint density at radius 2 is 0.750 bits per heavy atom. The van der Waals surface area contributed by atoms with Crippen molar-refractivity contribution < 1.29 is 23.8 Å². The van der Waals surface area contributed by atoms with Crippen molar-refractivity contribution in [3.8, 4) is 0 Å². The Kier molecular flexibility index (Phi) is 49.4. The molecule has 0 aromatic rings. The van der Waals surface area contributed by atoms with Crippen LogP contribution in [0.1, 0.15) is 265 Å². The van der Waals surface area contributed by atoms with Crippen LogP contribution in [0.3, 0.4) is 0 Å². The Morgan fingerprint density at radius 3 is 1.22 bits per heavy atom. The van der Waals surface area contributed by atoms with Crippen molar-refractivity contribution in [2.24, 2.45) is 0 Å². The molecule has 0 saturated carbocycles. The lowest BCUT2D eigenvalue weighted by molar-refractivity contribution is -0.163. The summed E-state index contributed by atoms with van der Waals surface area (Å²) in [4.78, 5) is 25.3. The standard InChI is InChI=1S/C55H100O5/c1-4-7-10-13-16-19-21-23-25-27-28-29-30-32-34-37-39-42-45-48-54(56)59-52-53(60-55(57)49-46-43-40-36-18-15-12-9-6-3)51-58-50-47-44-41-38-35-33-31-26-24-22-20-17-14-11-8-5-2/h8,11,17,20,23-26,53H,4-7,9-10,12-16,18-19,21-22,27-52H2,1-3H3/b11-8-,20-17-,25-23-,26-24-. The maximum atomic E-state index is 12.7. The third-order valence-corrected chi connectivity index (χ3v) is 11.3. The largest absolute Gasteiger partial charge is 0.462 e. The first kappa shape index (κ1) is 57.9. The Bertz CT molecular complexity index is 997. The van der Waals surface area contributed by atoms with Crippen molar-refractivity contribution in [1.29, 1.82) is 0 Å². The first-order valence-electron chi connectivity index (χ1n) is 26.2. The predicted molar refractivity (Wildman–Crippen MR) is 261 cm³/mol. The second-order valence-corrected chi connectivity index (χ2v) is 17.4. The van der Waals surface area contributed by atoms with Crippen LogP contribution < -0.4 is 0 Å². The van der Waals surface area contributed by atoms with Gasteiger partial charge in [0.25, 0.3) is 0 Å². The molecule has 350 valence electrons. The molecular weight excluding hydrogens is 741 g/mol. The summed E-state index contributed by atoms with van der Waals surface area (Å²) in [5.74, 6) is -0.400. The van der Waals surface area contributed by atoms with Crippen molar-refractivity contribution in [1.82, 2.24) is 0 Å². The fraction of sp³-hybridized carbons (Fsp3) is 0.818. The molecule has 0 radical (unpaired) electrons. The van der Waals surface area contributed by atoms with Gasteiger partial charge in [0.05, 0.1) is 6.61 Å². The summed E-state index contributed by atoms with van der Waals surface area (Å²) in [6.45, 7) is 7.70. The van der Waals surface area contributed by atoms with Gasteiger partial charge in [0.15, 0.2) is 6.10 Å². The summed E-state index contributed by atoms with van der Waals surface area (Å²) in [6.07, 6.45) is 62.7. The van der Waals surface area contributed by atoms with Gasteiger partial charge in [-0.1, -0.05) is 223 Å². The van der Waals surface area contributed by atoms with Crippen LogP contribution in [0.2, 0.25) is 0 Å². The quantitative estimate of drug-likeness (QED) is 0.0347. The van der Waals surface area contributed by atoms with Gasteiger partial charge in [0, 0.05) is 19.4 Å². The Morgan fingerprint density at radius 1 is 0.383 bits per heavy atom. The normalized spacial score (nSPS) is 12.5. The average Bonchev–Trinajstić information content (AvgIpc) is 3.25. The average molecular weight is 841 g/mol. The fourth-order valence-corrected chi connectivity index (χ4v) is 7.46. The Hall–Kier alpha value is -2.14. The first-order valence-corrected chi connectivity index (χ1v) is 26.2. The zero-order chi connectivity index (χ0) is 43.5. The molecule has 0 aliphatic heterocycles. The van der Waals surface area contributed by atoms with Gasteiger partial charge >= 0.3 is 11.9 Å². The maximum Gasteiger partial charge on any atom is 0.306 e. The summed E-state index contributed by atoms with van der Waals surface area (Å²) in [5.41, 5.74) is 0. The van der Waals surface area contributed by atoms with E-state index in [1.165, 1.54) is 167 Å². The third kappa shape index (κ3) is 48.5. The molecule has 0 spiro atoms. The number of hydrogen-bond acceptors (Lipinski definition) is 5. The number of allylic oxidation sites excluding steroid dienone is 8. The molecule has 0 N–H and O–H groups in total. The minimum absolute atomic E-state index is 0.0816. The minimum Gasteiger partial charge on any atom is -0.462 e. The molecule has 0 aliphatic carbocycles. The van der Waals surface area contributed by atoms with Crippen molar-refractivity contribution >= 4 is 11.9 Å². The lowest BCUT2D eigenvalue weighted by atomic mass is 10.1. The number of carbonyl (C=O) groups excluding carboxylic acids is 2. The van der Waals surface area contributed by atoms with Gasteiger partial charge in [0.2, 0.25) is 0 Å². The fourth-order valence-electron chi connectivity index (χ4n) is 7.46. The molecule has 0 aliphatic rings. The van der Waals surface area contributed by atoms with Crippen molar-refractivity contribution in [3.63, 3.8) is 0 Å². The molecule has 1 unspecified atom stereocenters. The van der Waals surface area contributed by atoms with Crippen LogP contribution in [-0.4, -0.2) is 37.9 Å². The molecule has 5 nitrogen and oxygen atoms in total. The van der Waals surface area contributed by atoms with Gasteiger partial charge in [-0.2, -0.15) is 0 Å². The van der Waals surface area contributed by atoms with E-state index in [4.69, 9.17) is 14.2 Å². The van der Waals surface area contributed by atoms with Gasteiger partial charge in [-0.05, 0) is 77.0 Å². The van der Waals surface area contributed by atoms with Crippen LogP contribution in [0.25, 0.3) is 0 Å². The number of carbonyl (C=O) groups is 2. The highest BCUT2D eigenvalue weighted by atomic mass is 16.6. The van der Waals surface area contributed by atoms with E-state index in [1.807, 2.05) is 0 Å². The zero-order valence-electron chi connectivity index (χ0n) is 40.2. The molecule has 0 saturated heterocycles. The predicted octanol–water partition coefficient (Wildman–Crippen LogP) is 17.6. The molecule has 0 fully saturated rings. The second-order valence-electron chi connectivity index (χ2n) is 17.4. The van der Waals surface area contributed by atoms with E-state index in [1.54, 1.807) is 0 Å². The molecule has 5 heteroatoms. The maximum absolute atomic E-state index is 12.7. The first-order chi connectivity index (χ1) is 29.6. The highest BCUT2D eigenvalue weighted by Gasteiger charge is 2.17. The number of rotatable bonds is 48. The summed E-state index contributed by atoms with van der Waals surface area (Å²) in [7, 11) is 0. The van der Waals surface area contributed by atoms with E-state index >= 15 is 0 Å². The monoisotopic (exact) mass is 841 g/mol. The summed E-state index contributed by atoms with van der Waals surface area (Å²) >= 11 is 0. The highest BCUT2D eigenvalue weighted by molar-refractivity contribution is 5.70. The topological polar surface area (TPSA) is 61.8 Å². The van der Waals surface area contributed by atoms with Crippen LogP contribution in [0, 0.1) is 0 Å². The second kappa shape index (κ2) is 51.2. The molecule has 60 heavy (non-hydrogen) atoms. The molecule has 0 bridgehead atoms. The molecular formula is C55H100O5. The number of unbranched alkanes of at least 4 members (excludes halogenated alkanes) is 29. The zero-order valence-corrected chi connectivity index (χ0v) is 40.2. The molecule has 0 aromatic heterocycles. The van der Waals surface area contributed by atoms with Crippen molar-refractivity contribution in [2.75, 3.05) is 19.8 Å². The van der Waals surface area contributed by atoms with Crippen LogP contribution >= 0.6 is 0 Å². The van der Waals surface area contributed by atoms with E-state index < -0.39 is 6.10 Å². The van der Waals surface area contributed by atoms with Crippen LogP contribution in [-0.2, 0) is 23.8 Å². The molecule has 0 heterocycles. The smallest absolute Gasteiger partial charge is 0.306 e. The van der Waals surface area contributed by atoms with Crippen LogP contribution in [0.5, 0.6) is 0 Å². The van der Waals surface area contributed by atoms with E-state index in [2.05, 4.69) is 69.4 Å². The highest BCUT2D eigenvalue weighted by Crippen LogP contribution is 2.15. The lowest BCUT2D eigenvalue weighted by Gasteiger charge is -2.18. The Balaban J connectivity index is 4.16. The number of hydrogen-bond donors (Lipinski definition) is 0. The Labute approximate surface area is 373 Å². The molecule has 0 rings (SSSR count). The van der Waals surface area contributed by atoms with Crippen LogP contribution in [0.15, 0.2) is 48.6 Å². The third-order valence-electron chi connectivity index (χ3n) is 11.3. The molecule has 0 aromatic carbocycles. The number of esters is 2. The SMILES string of the molecule is CC/C=C\C/C=C\C/C=C\CCCCCCCCOCC(COC(=O)CCCCCCCCCCC/C=C\CCCCCCCC)OC(=O)CCCCCCCCCCC. The van der Waals surface area contributed by atoms with E-state index in [9.17, 15) is 9.59 Å². The van der Waals surface area contributed by atoms with E-state index in [0.29, 0.717) is 19.4 Å². The summed E-state index contributed by atoms with van der Waals surface area (Å²) in [6, 6.07) is 0. The number of ether oxygens (including phenoxy) is 3. The summed E-state index contributed by atoms with van der Waals surface area (Å²) in [5, 5.41) is 0. The van der Waals surface area contributed by atoms with E-state index in [0.717, 1.165) is 64.2 Å².